The smallest absolute Gasteiger partial charge is 0.320 e. The number of aromatic nitrogens is 1. The maximum atomic E-state index is 12.5. The van der Waals surface area contributed by atoms with Crippen LogP contribution in [0.4, 0.5) is 9.93 Å². The molecule has 7 heteroatoms. The van der Waals surface area contributed by atoms with Crippen LogP contribution in [0.15, 0.2) is 36.5 Å². The van der Waals surface area contributed by atoms with E-state index in [2.05, 4.69) is 48.6 Å². The summed E-state index contributed by atoms with van der Waals surface area (Å²) in [6.07, 6.45) is 3.05. The number of carbonyl (C=O) groups is 1. The third kappa shape index (κ3) is 4.60. The predicted octanol–water partition coefficient (Wildman–Crippen LogP) is 3.53. The molecule has 1 aromatic heterocycles. The van der Waals surface area contributed by atoms with E-state index in [4.69, 9.17) is 5.73 Å². The highest BCUT2D eigenvalue weighted by atomic mass is 32.1. The van der Waals surface area contributed by atoms with Crippen LogP contribution in [-0.2, 0) is 0 Å². The van der Waals surface area contributed by atoms with Crippen molar-refractivity contribution in [3.05, 3.63) is 36.5 Å². The molecule has 1 saturated heterocycles. The molecule has 0 saturated carbocycles. The SMILES string of the molecule is CC1(C)CC(N)(NC(=O)Nc2ncc(-c3ccccc3)s2)CC(C)(C)N1. The van der Waals surface area contributed by atoms with Gasteiger partial charge in [0.1, 0.15) is 0 Å². The maximum Gasteiger partial charge on any atom is 0.322 e. The van der Waals surface area contributed by atoms with Gasteiger partial charge >= 0.3 is 6.03 Å². The molecule has 6 nitrogen and oxygen atoms in total. The van der Waals surface area contributed by atoms with Crippen molar-refractivity contribution in [2.24, 2.45) is 5.73 Å². The normalized spacial score (nSPS) is 20.3. The molecule has 0 unspecified atom stereocenters. The Bertz CT molecular complexity index is 768. The number of anilines is 1. The first-order valence-electron chi connectivity index (χ1n) is 8.75. The van der Waals surface area contributed by atoms with Crippen LogP contribution in [0.25, 0.3) is 10.4 Å². The largest absolute Gasteiger partial charge is 0.322 e. The zero-order valence-corrected chi connectivity index (χ0v) is 16.5. The quantitative estimate of drug-likeness (QED) is 0.619. The fourth-order valence-corrected chi connectivity index (χ4v) is 4.97. The van der Waals surface area contributed by atoms with Crippen molar-refractivity contribution < 1.29 is 4.79 Å². The zero-order chi connectivity index (χ0) is 19.0. The molecule has 2 heterocycles. The van der Waals surface area contributed by atoms with E-state index >= 15 is 0 Å². The zero-order valence-electron chi connectivity index (χ0n) is 15.7. The number of hydrogen-bond acceptors (Lipinski definition) is 5. The minimum atomic E-state index is -0.776. The fraction of sp³-hybridized carbons (Fsp3) is 0.474. The lowest BCUT2D eigenvalue weighted by molar-refractivity contribution is 0.0909. The van der Waals surface area contributed by atoms with Crippen LogP contribution < -0.4 is 21.7 Å². The summed E-state index contributed by atoms with van der Waals surface area (Å²) in [5.74, 6) is 0. The first kappa shape index (κ1) is 18.8. The number of rotatable bonds is 3. The Kier molecular flexibility index (Phi) is 4.81. The standard InChI is InChI=1S/C19H27N5OS/c1-17(2)11-19(20,12-18(3,4)24-17)23-15(25)22-16-21-10-14(26-16)13-8-6-5-7-9-13/h5-10,24H,11-12,20H2,1-4H3,(H2,21,22,23,25). The monoisotopic (exact) mass is 373 g/mol. The van der Waals surface area contributed by atoms with E-state index in [9.17, 15) is 4.79 Å². The van der Waals surface area contributed by atoms with Crippen LogP contribution in [-0.4, -0.2) is 27.8 Å². The second-order valence-corrected chi connectivity index (χ2v) is 9.41. The first-order chi connectivity index (χ1) is 12.1. The molecule has 140 valence electrons. The molecular weight excluding hydrogens is 346 g/mol. The highest BCUT2D eigenvalue weighted by Crippen LogP contribution is 2.33. The summed E-state index contributed by atoms with van der Waals surface area (Å²) in [5.41, 5.74) is 6.51. The minimum absolute atomic E-state index is 0.161. The van der Waals surface area contributed by atoms with Gasteiger partial charge < -0.3 is 16.4 Å². The van der Waals surface area contributed by atoms with E-state index in [0.29, 0.717) is 18.0 Å². The van der Waals surface area contributed by atoms with Gasteiger partial charge in [-0.15, -0.1) is 0 Å². The fourth-order valence-electron chi connectivity index (χ4n) is 4.15. The van der Waals surface area contributed by atoms with E-state index in [0.717, 1.165) is 10.4 Å². The molecule has 0 spiro atoms. The maximum absolute atomic E-state index is 12.5. The molecule has 1 aliphatic rings. The van der Waals surface area contributed by atoms with Gasteiger partial charge in [0.05, 0.1) is 10.5 Å². The van der Waals surface area contributed by atoms with Crippen LogP contribution in [0.2, 0.25) is 0 Å². The third-order valence-electron chi connectivity index (χ3n) is 4.34. The Morgan fingerprint density at radius 3 is 2.38 bits per heavy atom. The molecule has 1 aromatic carbocycles. The Balaban J connectivity index is 1.66. The second kappa shape index (κ2) is 6.64. The third-order valence-corrected chi connectivity index (χ3v) is 5.30. The number of nitrogens with one attached hydrogen (secondary N) is 3. The van der Waals surface area contributed by atoms with E-state index in [1.165, 1.54) is 11.3 Å². The van der Waals surface area contributed by atoms with Crippen molar-refractivity contribution >= 4 is 22.5 Å². The van der Waals surface area contributed by atoms with Crippen molar-refractivity contribution in [1.82, 2.24) is 15.6 Å². The van der Waals surface area contributed by atoms with E-state index in [1.54, 1.807) is 6.20 Å². The number of nitrogens with zero attached hydrogens (tertiary/aromatic N) is 1. The number of thiazole rings is 1. The van der Waals surface area contributed by atoms with Gasteiger partial charge in [0.2, 0.25) is 0 Å². The Labute approximate surface area is 158 Å². The molecule has 5 N–H and O–H groups in total. The summed E-state index contributed by atoms with van der Waals surface area (Å²) in [5, 5.41) is 9.90. The molecule has 2 aromatic rings. The average Bonchev–Trinajstić information content (AvgIpc) is 2.91. The first-order valence-corrected chi connectivity index (χ1v) is 9.56. The molecule has 1 aliphatic heterocycles. The molecule has 26 heavy (non-hydrogen) atoms. The van der Waals surface area contributed by atoms with Crippen LogP contribution in [0, 0.1) is 0 Å². The van der Waals surface area contributed by atoms with Gasteiger partial charge in [-0.25, -0.2) is 9.78 Å². The van der Waals surface area contributed by atoms with E-state index < -0.39 is 5.66 Å². The molecule has 1 fully saturated rings. The number of piperidine rings is 1. The summed E-state index contributed by atoms with van der Waals surface area (Å²) < 4.78 is 0. The number of amides is 2. The van der Waals surface area contributed by atoms with Gasteiger partial charge in [0.25, 0.3) is 0 Å². The molecule has 3 rings (SSSR count). The van der Waals surface area contributed by atoms with Gasteiger partial charge in [-0.3, -0.25) is 5.32 Å². The van der Waals surface area contributed by atoms with Crippen LogP contribution in [0.3, 0.4) is 0 Å². The van der Waals surface area contributed by atoms with Crippen molar-refractivity contribution in [2.75, 3.05) is 5.32 Å². The van der Waals surface area contributed by atoms with Gasteiger partial charge in [-0.05, 0) is 33.3 Å². The van der Waals surface area contributed by atoms with Gasteiger partial charge in [-0.1, -0.05) is 41.7 Å². The summed E-state index contributed by atoms with van der Waals surface area (Å²) in [6, 6.07) is 9.65. The van der Waals surface area contributed by atoms with E-state index in [-0.39, 0.29) is 17.1 Å². The van der Waals surface area contributed by atoms with Crippen LogP contribution in [0.1, 0.15) is 40.5 Å². The number of nitrogens with two attached hydrogens (primary N) is 1. The van der Waals surface area contributed by atoms with Gasteiger partial charge in [0, 0.05) is 30.1 Å². The minimum Gasteiger partial charge on any atom is -0.320 e. The van der Waals surface area contributed by atoms with Crippen molar-refractivity contribution in [1.29, 1.82) is 0 Å². The van der Waals surface area contributed by atoms with Crippen molar-refractivity contribution in [2.45, 2.75) is 57.3 Å². The molecular formula is C19H27N5OS. The topological polar surface area (TPSA) is 92.1 Å². The van der Waals surface area contributed by atoms with Gasteiger partial charge in [-0.2, -0.15) is 0 Å². The summed E-state index contributed by atoms with van der Waals surface area (Å²) in [6.45, 7) is 8.40. The molecule has 0 radical (unpaired) electrons. The highest BCUT2D eigenvalue weighted by molar-refractivity contribution is 7.19. The summed E-state index contributed by atoms with van der Waals surface area (Å²) in [7, 11) is 0. The molecule has 0 bridgehead atoms. The van der Waals surface area contributed by atoms with E-state index in [1.807, 2.05) is 30.3 Å². The van der Waals surface area contributed by atoms with Crippen LogP contribution >= 0.6 is 11.3 Å². The summed E-state index contributed by atoms with van der Waals surface area (Å²) in [4.78, 5) is 17.8. The Morgan fingerprint density at radius 2 is 1.77 bits per heavy atom. The lowest BCUT2D eigenvalue weighted by Crippen LogP contribution is -2.71. The number of hydrogen-bond donors (Lipinski definition) is 4. The van der Waals surface area contributed by atoms with Crippen molar-refractivity contribution in [3.8, 4) is 10.4 Å². The lowest BCUT2D eigenvalue weighted by atomic mass is 9.76. The second-order valence-electron chi connectivity index (χ2n) is 8.38. The Hall–Kier alpha value is -1.96. The van der Waals surface area contributed by atoms with Crippen LogP contribution in [0.5, 0.6) is 0 Å². The number of benzene rings is 1. The van der Waals surface area contributed by atoms with Crippen molar-refractivity contribution in [3.63, 3.8) is 0 Å². The molecule has 0 aliphatic carbocycles. The molecule has 0 atom stereocenters. The lowest BCUT2D eigenvalue weighted by Gasteiger charge is -2.51. The predicted molar refractivity (Wildman–Crippen MR) is 107 cm³/mol. The number of urea groups is 1. The average molecular weight is 374 g/mol. The van der Waals surface area contributed by atoms with Gasteiger partial charge in [0.15, 0.2) is 5.13 Å². The molecule has 2 amide bonds. The highest BCUT2D eigenvalue weighted by Gasteiger charge is 2.45. The summed E-state index contributed by atoms with van der Waals surface area (Å²) >= 11 is 1.44. The Morgan fingerprint density at radius 1 is 1.15 bits per heavy atom. The number of carbonyl (C=O) groups excluding carboxylic acids is 1.